The zero-order valence-electron chi connectivity index (χ0n) is 18.7. The number of Topliss-reactive ketones (excluding diaryl/α,β-unsaturated/α-hetero) is 1. The number of amides is 2. The Hall–Kier alpha value is -2.32. The van der Waals surface area contributed by atoms with Crippen molar-refractivity contribution in [2.75, 3.05) is 11.5 Å². The lowest BCUT2D eigenvalue weighted by Crippen LogP contribution is -2.37. The molecule has 2 aliphatic carbocycles. The molecule has 1 aliphatic heterocycles. The molecule has 6 atom stereocenters. The quantitative estimate of drug-likeness (QED) is 0.220. The van der Waals surface area contributed by atoms with Crippen molar-refractivity contribution in [3.63, 3.8) is 0 Å². The Morgan fingerprint density at radius 2 is 1.56 bits per heavy atom. The van der Waals surface area contributed by atoms with E-state index < -0.39 is 5.97 Å². The number of rotatable bonds is 5. The highest BCUT2D eigenvalue weighted by molar-refractivity contribution is 9.12. The first kappa shape index (κ1) is 23.4. The van der Waals surface area contributed by atoms with Crippen molar-refractivity contribution < 1.29 is 23.9 Å². The molecule has 3 fully saturated rings. The van der Waals surface area contributed by atoms with E-state index in [1.807, 2.05) is 19.9 Å². The summed E-state index contributed by atoms with van der Waals surface area (Å²) in [4.78, 5) is 53.1. The minimum atomic E-state index is -0.681. The minimum absolute atomic E-state index is 0.116. The molecule has 34 heavy (non-hydrogen) atoms. The van der Waals surface area contributed by atoms with Gasteiger partial charge in [-0.1, -0.05) is 50.1 Å². The van der Waals surface area contributed by atoms with Crippen LogP contribution in [0.25, 0.3) is 0 Å². The van der Waals surface area contributed by atoms with Crippen molar-refractivity contribution in [2.45, 2.75) is 29.9 Å². The van der Waals surface area contributed by atoms with Crippen LogP contribution >= 0.6 is 31.9 Å². The molecule has 8 heteroatoms. The van der Waals surface area contributed by atoms with Gasteiger partial charge in [0.25, 0.3) is 0 Å². The van der Waals surface area contributed by atoms with E-state index in [0.717, 1.165) is 17.5 Å². The molecule has 2 aromatic carbocycles. The zero-order chi connectivity index (χ0) is 24.3. The number of ether oxygens (including phenoxy) is 1. The fraction of sp³-hybridized carbons (Fsp3) is 0.385. The molecule has 3 aliphatic rings. The average Bonchev–Trinajstić information content (AvgIpc) is 3.43. The van der Waals surface area contributed by atoms with Crippen LogP contribution in [0.1, 0.15) is 38.3 Å². The van der Waals surface area contributed by atoms with Crippen LogP contribution in [-0.2, 0) is 14.3 Å². The largest absolute Gasteiger partial charge is 0.454 e. The Morgan fingerprint density at radius 1 is 0.912 bits per heavy atom. The van der Waals surface area contributed by atoms with Gasteiger partial charge in [0.2, 0.25) is 11.8 Å². The van der Waals surface area contributed by atoms with Crippen LogP contribution in [0.5, 0.6) is 0 Å². The van der Waals surface area contributed by atoms with Crippen molar-refractivity contribution in [3.8, 4) is 0 Å². The highest BCUT2D eigenvalue weighted by Gasteiger charge is 2.66. The number of ketones is 1. The normalized spacial score (nSPS) is 29.5. The summed E-state index contributed by atoms with van der Waals surface area (Å²) in [7, 11) is 0. The number of hydrogen-bond acceptors (Lipinski definition) is 5. The molecule has 0 spiro atoms. The van der Waals surface area contributed by atoms with E-state index in [0.29, 0.717) is 11.3 Å². The maximum atomic E-state index is 13.3. The molecule has 6 nitrogen and oxygen atoms in total. The molecular weight excluding hydrogens is 566 g/mol. The second kappa shape index (κ2) is 8.72. The molecule has 2 aromatic rings. The Bertz CT molecular complexity index is 1200. The van der Waals surface area contributed by atoms with Gasteiger partial charge >= 0.3 is 5.97 Å². The maximum Gasteiger partial charge on any atom is 0.338 e. The van der Waals surface area contributed by atoms with E-state index in [2.05, 4.69) is 31.9 Å². The van der Waals surface area contributed by atoms with Crippen LogP contribution in [0.4, 0.5) is 5.69 Å². The zero-order valence-corrected chi connectivity index (χ0v) is 21.8. The number of halogens is 2. The first-order chi connectivity index (χ1) is 16.2. The highest BCUT2D eigenvalue weighted by atomic mass is 79.9. The molecule has 5 rings (SSSR count). The Balaban J connectivity index is 1.30. The minimum Gasteiger partial charge on any atom is -0.454 e. The molecule has 2 bridgehead atoms. The van der Waals surface area contributed by atoms with Gasteiger partial charge in [-0.05, 0) is 67.5 Å². The first-order valence-electron chi connectivity index (χ1n) is 11.2. The van der Waals surface area contributed by atoms with Crippen LogP contribution in [0, 0.1) is 37.5 Å². The van der Waals surface area contributed by atoms with E-state index in [9.17, 15) is 19.2 Å². The molecule has 0 N–H and O–H groups in total. The summed E-state index contributed by atoms with van der Waals surface area (Å²) in [6.07, 6.45) is 0.855. The van der Waals surface area contributed by atoms with Gasteiger partial charge < -0.3 is 4.74 Å². The number of fused-ring (bicyclic) bond motifs is 5. The number of benzene rings is 2. The average molecular weight is 589 g/mol. The maximum absolute atomic E-state index is 13.3. The topological polar surface area (TPSA) is 80.8 Å². The van der Waals surface area contributed by atoms with Gasteiger partial charge in [-0.3, -0.25) is 19.3 Å². The van der Waals surface area contributed by atoms with Crippen LogP contribution in [0.15, 0.2) is 42.5 Å². The molecule has 0 unspecified atom stereocenters. The van der Waals surface area contributed by atoms with Gasteiger partial charge in [-0.15, -0.1) is 0 Å². The summed E-state index contributed by atoms with van der Waals surface area (Å²) in [5.41, 5.74) is 3.08. The van der Waals surface area contributed by atoms with Gasteiger partial charge in [0.05, 0.1) is 23.1 Å². The molecule has 176 valence electrons. The summed E-state index contributed by atoms with van der Waals surface area (Å²) < 4.78 is 5.24. The third-order valence-corrected chi connectivity index (χ3v) is 10.7. The predicted octanol–water partition coefficient (Wildman–Crippen LogP) is 4.63. The first-order valence-corrected chi connectivity index (χ1v) is 13.1. The van der Waals surface area contributed by atoms with E-state index in [1.165, 1.54) is 11.0 Å². The van der Waals surface area contributed by atoms with E-state index in [-0.39, 0.29) is 63.1 Å². The Kier molecular flexibility index (Phi) is 6.01. The lowest BCUT2D eigenvalue weighted by molar-refractivity contribution is -0.123. The molecular formula is C26H23Br2NO5. The van der Waals surface area contributed by atoms with Crippen molar-refractivity contribution in [2.24, 2.45) is 23.7 Å². The van der Waals surface area contributed by atoms with E-state index in [4.69, 9.17) is 4.74 Å². The van der Waals surface area contributed by atoms with Crippen molar-refractivity contribution >= 4 is 61.1 Å². The standard InChI is InChI=1S/C26H23Br2NO5/c1-12-6-7-14(8-13(12)2)19(30)11-34-26(33)15-4-3-5-16(9-15)29-24(31)20-17-10-18(21(20)25(29)32)23(28)22(17)27/h3-9,17-18,20-23H,10-11H2,1-2H3/t17-,18-,20-,21-,22-,23+/m1/s1. The Morgan fingerprint density at radius 3 is 2.18 bits per heavy atom. The van der Waals surface area contributed by atoms with Gasteiger partial charge in [0.15, 0.2) is 12.4 Å². The summed E-state index contributed by atoms with van der Waals surface area (Å²) >= 11 is 7.37. The Labute approximate surface area is 214 Å². The fourth-order valence-corrected chi connectivity index (χ4v) is 7.46. The number of carbonyl (C=O) groups is 4. The monoisotopic (exact) mass is 587 g/mol. The van der Waals surface area contributed by atoms with Gasteiger partial charge in [-0.25, -0.2) is 4.79 Å². The number of alkyl halides is 2. The van der Waals surface area contributed by atoms with Gasteiger partial charge in [-0.2, -0.15) is 0 Å². The SMILES string of the molecule is Cc1ccc(C(=O)COC(=O)c2cccc(N3C(=O)[C@@H]4[C@H]5C[C@@H]([C@@H](Br)[C@H]5Br)[C@H]4C3=O)c2)cc1C. The smallest absolute Gasteiger partial charge is 0.338 e. The second-order valence-corrected chi connectivity index (χ2v) is 11.5. The molecule has 2 saturated carbocycles. The summed E-state index contributed by atoms with van der Waals surface area (Å²) in [6.45, 7) is 3.49. The number of esters is 1. The third kappa shape index (κ3) is 3.66. The number of hydrogen-bond donors (Lipinski definition) is 0. The lowest BCUT2D eigenvalue weighted by Gasteiger charge is -2.28. The van der Waals surface area contributed by atoms with Crippen molar-refractivity contribution in [3.05, 3.63) is 64.7 Å². The van der Waals surface area contributed by atoms with Gasteiger partial charge in [0.1, 0.15) is 0 Å². The molecule has 1 saturated heterocycles. The predicted molar refractivity (Wildman–Crippen MR) is 133 cm³/mol. The van der Waals surface area contributed by atoms with Crippen LogP contribution in [-0.4, -0.2) is 39.8 Å². The summed E-state index contributed by atoms with van der Waals surface area (Å²) in [5.74, 6) is -1.82. The van der Waals surface area contributed by atoms with E-state index >= 15 is 0 Å². The number of aryl methyl sites for hydroxylation is 2. The fourth-order valence-electron chi connectivity index (χ4n) is 5.59. The molecule has 0 aromatic heterocycles. The third-order valence-electron chi connectivity index (χ3n) is 7.49. The number of nitrogens with zero attached hydrogens (tertiary/aromatic N) is 1. The van der Waals surface area contributed by atoms with Crippen LogP contribution in [0.2, 0.25) is 0 Å². The van der Waals surface area contributed by atoms with Crippen LogP contribution in [0.3, 0.4) is 0 Å². The highest BCUT2D eigenvalue weighted by Crippen LogP contribution is 2.60. The van der Waals surface area contributed by atoms with Crippen LogP contribution < -0.4 is 4.90 Å². The lowest BCUT2D eigenvalue weighted by atomic mass is 9.81. The van der Waals surface area contributed by atoms with Crippen molar-refractivity contribution in [1.29, 1.82) is 0 Å². The molecule has 2 amide bonds. The van der Waals surface area contributed by atoms with Gasteiger partial charge in [0, 0.05) is 15.2 Å². The van der Waals surface area contributed by atoms with Crippen molar-refractivity contribution in [1.82, 2.24) is 0 Å². The number of anilines is 1. The molecule has 1 heterocycles. The number of carbonyl (C=O) groups excluding carboxylic acids is 4. The summed E-state index contributed by atoms with van der Waals surface area (Å²) in [5, 5.41) is 0. The summed E-state index contributed by atoms with van der Waals surface area (Å²) in [6, 6.07) is 11.6. The number of imide groups is 1. The van der Waals surface area contributed by atoms with E-state index in [1.54, 1.807) is 30.3 Å². The second-order valence-electron chi connectivity index (χ2n) is 9.36. The molecule has 0 radical (unpaired) electrons.